The number of carbonyl (C=O) groups excluding carboxylic acids is 1. The fourth-order valence-corrected chi connectivity index (χ4v) is 9.04. The Kier molecular flexibility index (Phi) is 9.05. The molecule has 0 saturated carbocycles. The fourth-order valence-electron chi connectivity index (χ4n) is 3.86. The monoisotopic (exact) mass is 528 g/mol. The molecular weight excluding hydrogens is 497 g/mol. The van der Waals surface area contributed by atoms with Crippen LogP contribution < -0.4 is 0 Å². The minimum absolute atomic E-state index is 0.0361. The van der Waals surface area contributed by atoms with Crippen molar-refractivity contribution in [2.75, 3.05) is 0 Å². The predicted molar refractivity (Wildman–Crippen MR) is 158 cm³/mol. The highest BCUT2D eigenvalue weighted by atomic mass is 32.3. The van der Waals surface area contributed by atoms with Crippen LogP contribution in [0, 0.1) is 5.41 Å². The molecule has 0 aliphatic rings. The van der Waals surface area contributed by atoms with E-state index in [2.05, 4.69) is 115 Å². The Balaban J connectivity index is 1.91. The summed E-state index contributed by atoms with van der Waals surface area (Å²) in [6.07, 6.45) is 0.465. The number of carbonyl (C=O) groups is 1. The first-order valence-corrected chi connectivity index (χ1v) is 14.6. The lowest BCUT2D eigenvalue weighted by Gasteiger charge is -2.40. The molecular formula is C32H32OS3. The van der Waals surface area contributed by atoms with Gasteiger partial charge in [0.05, 0.1) is 0 Å². The summed E-state index contributed by atoms with van der Waals surface area (Å²) in [4.78, 5) is 17.2. The molecule has 0 amide bonds. The van der Waals surface area contributed by atoms with Crippen LogP contribution in [0.2, 0.25) is 0 Å². The van der Waals surface area contributed by atoms with Crippen molar-refractivity contribution in [2.24, 2.45) is 5.41 Å². The molecule has 1 atom stereocenters. The van der Waals surface area contributed by atoms with E-state index in [0.29, 0.717) is 6.42 Å². The van der Waals surface area contributed by atoms with Crippen LogP contribution in [0.25, 0.3) is 0 Å². The molecule has 0 aromatic heterocycles. The molecule has 0 fully saturated rings. The van der Waals surface area contributed by atoms with Gasteiger partial charge in [0.15, 0.2) is 0 Å². The van der Waals surface area contributed by atoms with Crippen molar-refractivity contribution in [3.05, 3.63) is 127 Å². The molecule has 1 nitrogen and oxygen atoms in total. The second-order valence-electron chi connectivity index (χ2n) is 9.69. The maximum Gasteiger partial charge on any atom is 0.138 e. The molecule has 4 rings (SSSR count). The minimum Gasteiger partial charge on any atom is -0.299 e. The Labute approximate surface area is 228 Å². The Morgan fingerprint density at radius 2 is 0.917 bits per heavy atom. The number of benzene rings is 4. The van der Waals surface area contributed by atoms with E-state index >= 15 is 0 Å². The van der Waals surface area contributed by atoms with Crippen molar-refractivity contribution in [3.8, 4) is 0 Å². The smallest absolute Gasteiger partial charge is 0.138 e. The number of hydrogen-bond donors (Lipinski definition) is 0. The minimum atomic E-state index is -0.438. The molecule has 0 bridgehead atoms. The molecule has 4 heteroatoms. The molecule has 1 unspecified atom stereocenters. The van der Waals surface area contributed by atoms with Crippen LogP contribution in [0.3, 0.4) is 0 Å². The molecule has 184 valence electrons. The first-order chi connectivity index (χ1) is 17.4. The molecule has 0 saturated heterocycles. The van der Waals surface area contributed by atoms with E-state index in [0.717, 1.165) is 0 Å². The molecule has 0 N–H and O–H groups in total. The topological polar surface area (TPSA) is 17.1 Å². The van der Waals surface area contributed by atoms with E-state index in [1.165, 1.54) is 20.2 Å². The lowest BCUT2D eigenvalue weighted by Crippen LogP contribution is -2.31. The molecule has 4 aromatic carbocycles. The van der Waals surface area contributed by atoms with Crippen molar-refractivity contribution in [1.82, 2.24) is 0 Å². The molecule has 0 spiro atoms. The van der Waals surface area contributed by atoms with Gasteiger partial charge in [-0.15, -0.1) is 0 Å². The van der Waals surface area contributed by atoms with Gasteiger partial charge in [0, 0.05) is 32.4 Å². The van der Waals surface area contributed by atoms with E-state index in [1.54, 1.807) is 0 Å². The standard InChI is InChI=1S/C32H32OS3/c1-31(2,3)30(33)24-29(25-16-8-4-9-17-25)32(34-26-18-10-5-11-19-26,35-27-20-12-6-13-21-27)36-28-22-14-7-15-23-28/h4-23,29H,24H2,1-3H3. The highest BCUT2D eigenvalue weighted by Gasteiger charge is 2.45. The Bertz CT molecular complexity index is 1120. The normalized spacial score (nSPS) is 12.8. The van der Waals surface area contributed by atoms with E-state index in [9.17, 15) is 4.79 Å². The third kappa shape index (κ3) is 7.09. The van der Waals surface area contributed by atoms with Gasteiger partial charge in [-0.05, 0) is 42.0 Å². The summed E-state index contributed by atoms with van der Waals surface area (Å²) < 4.78 is -0.438. The Morgan fingerprint density at radius 3 is 1.25 bits per heavy atom. The van der Waals surface area contributed by atoms with Crippen LogP contribution in [0.4, 0.5) is 0 Å². The van der Waals surface area contributed by atoms with Gasteiger partial charge in [0.25, 0.3) is 0 Å². The number of Topliss-reactive ketones (excluding diaryl/α,β-unsaturated/α-hetero) is 1. The van der Waals surface area contributed by atoms with Crippen molar-refractivity contribution in [3.63, 3.8) is 0 Å². The predicted octanol–water partition coefficient (Wildman–Crippen LogP) is 9.81. The van der Waals surface area contributed by atoms with Crippen LogP contribution in [-0.2, 0) is 4.79 Å². The maximum atomic E-state index is 13.6. The number of hydrogen-bond acceptors (Lipinski definition) is 4. The van der Waals surface area contributed by atoms with Gasteiger partial charge < -0.3 is 0 Å². The van der Waals surface area contributed by atoms with E-state index in [1.807, 2.05) is 62.1 Å². The van der Waals surface area contributed by atoms with Gasteiger partial charge in [-0.25, -0.2) is 0 Å². The summed E-state index contributed by atoms with van der Waals surface area (Å²) in [6.45, 7) is 6.08. The Morgan fingerprint density at radius 1 is 0.583 bits per heavy atom. The molecule has 0 aliphatic heterocycles. The number of thioether (sulfide) groups is 3. The Hall–Kier alpha value is -2.40. The molecule has 0 radical (unpaired) electrons. The molecule has 4 aromatic rings. The van der Waals surface area contributed by atoms with E-state index in [4.69, 9.17) is 0 Å². The lowest BCUT2D eigenvalue weighted by atomic mass is 9.83. The van der Waals surface area contributed by atoms with Gasteiger partial charge in [0.1, 0.15) is 9.19 Å². The average Bonchev–Trinajstić information content (AvgIpc) is 2.89. The summed E-state index contributed by atoms with van der Waals surface area (Å²) in [7, 11) is 0. The number of ketones is 1. The lowest BCUT2D eigenvalue weighted by molar-refractivity contribution is -0.126. The van der Waals surface area contributed by atoms with Gasteiger partial charge in [-0.2, -0.15) is 0 Å². The van der Waals surface area contributed by atoms with Crippen molar-refractivity contribution in [2.45, 2.75) is 51.2 Å². The zero-order chi connectivity index (χ0) is 25.4. The zero-order valence-electron chi connectivity index (χ0n) is 21.0. The fraction of sp³-hybridized carbons (Fsp3) is 0.219. The van der Waals surface area contributed by atoms with Crippen LogP contribution in [0.1, 0.15) is 38.7 Å². The van der Waals surface area contributed by atoms with Crippen molar-refractivity contribution in [1.29, 1.82) is 0 Å². The average molecular weight is 529 g/mol. The van der Waals surface area contributed by atoms with Gasteiger partial charge >= 0.3 is 0 Å². The van der Waals surface area contributed by atoms with Crippen LogP contribution in [-0.4, -0.2) is 9.19 Å². The maximum absolute atomic E-state index is 13.6. The van der Waals surface area contributed by atoms with Gasteiger partial charge in [0.2, 0.25) is 0 Å². The highest BCUT2D eigenvalue weighted by Crippen LogP contribution is 2.63. The summed E-state index contributed by atoms with van der Waals surface area (Å²) in [5, 5.41) is 0. The van der Waals surface area contributed by atoms with Gasteiger partial charge in [-0.3, -0.25) is 4.79 Å². The first kappa shape index (κ1) is 26.7. The highest BCUT2D eigenvalue weighted by molar-refractivity contribution is 8.33. The summed E-state index contributed by atoms with van der Waals surface area (Å²) in [6, 6.07) is 42.3. The van der Waals surface area contributed by atoms with E-state index < -0.39 is 8.83 Å². The summed E-state index contributed by atoms with van der Waals surface area (Å²) >= 11 is 5.57. The van der Waals surface area contributed by atoms with Crippen molar-refractivity contribution < 1.29 is 4.79 Å². The largest absolute Gasteiger partial charge is 0.299 e. The summed E-state index contributed by atoms with van der Waals surface area (Å²) in [5.41, 5.74) is 0.774. The second kappa shape index (κ2) is 12.2. The van der Waals surface area contributed by atoms with Gasteiger partial charge in [-0.1, -0.05) is 141 Å². The quantitative estimate of drug-likeness (QED) is 0.150. The molecule has 0 heterocycles. The van der Waals surface area contributed by atoms with Crippen LogP contribution in [0.5, 0.6) is 0 Å². The third-order valence-corrected chi connectivity index (χ3v) is 10.6. The van der Waals surface area contributed by atoms with Crippen molar-refractivity contribution >= 4 is 41.1 Å². The first-order valence-electron chi connectivity index (χ1n) is 12.2. The van der Waals surface area contributed by atoms with Crippen LogP contribution >= 0.6 is 35.3 Å². The summed E-state index contributed by atoms with van der Waals surface area (Å²) in [5.74, 6) is 0.239. The SMILES string of the molecule is CC(C)(C)C(=O)CC(c1ccccc1)C(Sc1ccccc1)(Sc1ccccc1)Sc1ccccc1. The second-order valence-corrected chi connectivity index (χ2v) is 14.4. The third-order valence-electron chi connectivity index (χ3n) is 5.86. The molecule has 36 heavy (non-hydrogen) atoms. The zero-order valence-corrected chi connectivity index (χ0v) is 23.4. The number of rotatable bonds is 10. The van der Waals surface area contributed by atoms with E-state index in [-0.39, 0.29) is 11.7 Å². The van der Waals surface area contributed by atoms with Crippen LogP contribution in [0.15, 0.2) is 136 Å². The molecule has 0 aliphatic carbocycles.